The van der Waals surface area contributed by atoms with Crippen molar-refractivity contribution in [2.45, 2.75) is 26.3 Å². The SMILES string of the molecule is CCN(c1cc(C)nc(Nc2ccccc2OC)n1)C1CCS(=O)(=O)C1. The van der Waals surface area contributed by atoms with E-state index in [9.17, 15) is 8.42 Å². The van der Waals surface area contributed by atoms with Gasteiger partial charge in [-0.25, -0.2) is 13.4 Å². The van der Waals surface area contributed by atoms with Crippen LogP contribution in [0.5, 0.6) is 5.75 Å². The van der Waals surface area contributed by atoms with Crippen LogP contribution in [0.3, 0.4) is 0 Å². The van der Waals surface area contributed by atoms with E-state index in [-0.39, 0.29) is 17.5 Å². The molecule has 3 rings (SSSR count). The fraction of sp³-hybridized carbons (Fsp3) is 0.444. The van der Waals surface area contributed by atoms with Gasteiger partial charge in [-0.05, 0) is 32.4 Å². The number of nitrogens with one attached hydrogen (secondary N) is 1. The molecule has 1 atom stereocenters. The molecule has 140 valence electrons. The lowest BCUT2D eigenvalue weighted by molar-refractivity contribution is 0.417. The van der Waals surface area contributed by atoms with E-state index in [1.807, 2.05) is 49.1 Å². The Kier molecular flexibility index (Phi) is 5.31. The molecule has 1 unspecified atom stereocenters. The summed E-state index contributed by atoms with van der Waals surface area (Å²) in [6.07, 6.45) is 0.633. The third-order valence-electron chi connectivity index (χ3n) is 4.48. The first kappa shape index (κ1) is 18.4. The molecular weight excluding hydrogens is 352 g/mol. The van der Waals surface area contributed by atoms with Gasteiger partial charge in [-0.15, -0.1) is 0 Å². The van der Waals surface area contributed by atoms with Crippen LogP contribution in [-0.2, 0) is 9.84 Å². The fourth-order valence-electron chi connectivity index (χ4n) is 3.25. The Hall–Kier alpha value is -2.35. The molecule has 1 aliphatic heterocycles. The molecule has 0 aliphatic carbocycles. The highest BCUT2D eigenvalue weighted by Crippen LogP contribution is 2.28. The van der Waals surface area contributed by atoms with E-state index in [0.717, 1.165) is 17.2 Å². The average molecular weight is 376 g/mol. The van der Waals surface area contributed by atoms with Crippen molar-refractivity contribution in [3.63, 3.8) is 0 Å². The highest BCUT2D eigenvalue weighted by molar-refractivity contribution is 7.91. The Labute approximate surface area is 154 Å². The van der Waals surface area contributed by atoms with E-state index < -0.39 is 9.84 Å². The van der Waals surface area contributed by atoms with Gasteiger partial charge in [-0.1, -0.05) is 12.1 Å². The smallest absolute Gasteiger partial charge is 0.229 e. The van der Waals surface area contributed by atoms with Gasteiger partial charge in [0.2, 0.25) is 5.95 Å². The third kappa shape index (κ3) is 4.07. The summed E-state index contributed by atoms with van der Waals surface area (Å²) >= 11 is 0. The molecule has 1 saturated heterocycles. The monoisotopic (exact) mass is 376 g/mol. The summed E-state index contributed by atoms with van der Waals surface area (Å²) in [4.78, 5) is 11.1. The molecule has 0 bridgehead atoms. The zero-order chi connectivity index (χ0) is 18.7. The minimum Gasteiger partial charge on any atom is -0.495 e. The number of nitrogens with zero attached hydrogens (tertiary/aromatic N) is 3. The number of anilines is 3. The molecule has 0 radical (unpaired) electrons. The van der Waals surface area contributed by atoms with Gasteiger partial charge in [0.05, 0.1) is 24.3 Å². The molecule has 1 fully saturated rings. The summed E-state index contributed by atoms with van der Waals surface area (Å²) in [7, 11) is -1.34. The number of ether oxygens (including phenoxy) is 1. The van der Waals surface area contributed by atoms with Crippen LogP contribution in [0.1, 0.15) is 19.0 Å². The van der Waals surface area contributed by atoms with E-state index in [1.54, 1.807) is 7.11 Å². The molecule has 1 N–H and O–H groups in total. The summed E-state index contributed by atoms with van der Waals surface area (Å²) in [6, 6.07) is 9.40. The second-order valence-corrected chi connectivity index (χ2v) is 8.59. The van der Waals surface area contributed by atoms with Crippen molar-refractivity contribution in [2.24, 2.45) is 0 Å². The number of sulfone groups is 1. The largest absolute Gasteiger partial charge is 0.495 e. The second kappa shape index (κ2) is 7.49. The molecule has 7 nitrogen and oxygen atoms in total. The van der Waals surface area contributed by atoms with Gasteiger partial charge in [0, 0.05) is 24.3 Å². The van der Waals surface area contributed by atoms with Crippen LogP contribution in [-0.4, -0.2) is 49.6 Å². The minimum absolute atomic E-state index is 0.0431. The van der Waals surface area contributed by atoms with Crippen molar-refractivity contribution in [1.82, 2.24) is 9.97 Å². The predicted molar refractivity (Wildman–Crippen MR) is 103 cm³/mol. The van der Waals surface area contributed by atoms with Crippen LogP contribution in [0.4, 0.5) is 17.5 Å². The summed E-state index contributed by atoms with van der Waals surface area (Å²) in [6.45, 7) is 4.60. The van der Waals surface area contributed by atoms with Crippen molar-refractivity contribution >= 4 is 27.3 Å². The number of hydrogen-bond acceptors (Lipinski definition) is 7. The van der Waals surface area contributed by atoms with E-state index in [1.165, 1.54) is 0 Å². The molecule has 26 heavy (non-hydrogen) atoms. The van der Waals surface area contributed by atoms with Crippen molar-refractivity contribution in [2.75, 3.05) is 35.4 Å². The molecule has 2 heterocycles. The summed E-state index contributed by atoms with van der Waals surface area (Å²) in [5.74, 6) is 2.32. The standard InChI is InChI=1S/C18H24N4O3S/c1-4-22(14-9-10-26(23,24)12-14)17-11-13(2)19-18(21-17)20-15-7-5-6-8-16(15)25-3/h5-8,11,14H,4,9-10,12H2,1-3H3,(H,19,20,21). The molecular formula is C18H24N4O3S. The molecule has 0 spiro atoms. The Bertz CT molecular complexity index is 886. The van der Waals surface area contributed by atoms with Crippen LogP contribution in [0.15, 0.2) is 30.3 Å². The van der Waals surface area contributed by atoms with Crippen molar-refractivity contribution in [1.29, 1.82) is 0 Å². The topological polar surface area (TPSA) is 84.4 Å². The lowest BCUT2D eigenvalue weighted by Gasteiger charge is -2.28. The van der Waals surface area contributed by atoms with Crippen LogP contribution in [0.25, 0.3) is 0 Å². The first-order chi connectivity index (χ1) is 12.4. The quantitative estimate of drug-likeness (QED) is 0.829. The van der Waals surface area contributed by atoms with E-state index in [0.29, 0.717) is 24.7 Å². The lowest BCUT2D eigenvalue weighted by Crippen LogP contribution is -2.36. The van der Waals surface area contributed by atoms with Gasteiger partial charge in [-0.2, -0.15) is 4.98 Å². The maximum atomic E-state index is 11.9. The number of para-hydroxylation sites is 2. The summed E-state index contributed by atoms with van der Waals surface area (Å²) in [5, 5.41) is 3.20. The number of hydrogen-bond donors (Lipinski definition) is 1. The molecule has 0 saturated carbocycles. The molecule has 1 aromatic carbocycles. The predicted octanol–water partition coefficient (Wildman–Crippen LogP) is 2.55. The van der Waals surface area contributed by atoms with Gasteiger partial charge < -0.3 is 15.0 Å². The number of aryl methyl sites for hydroxylation is 1. The first-order valence-corrected chi connectivity index (χ1v) is 10.5. The van der Waals surface area contributed by atoms with Crippen LogP contribution < -0.4 is 15.0 Å². The van der Waals surface area contributed by atoms with E-state index in [4.69, 9.17) is 4.74 Å². The van der Waals surface area contributed by atoms with Gasteiger partial charge in [0.15, 0.2) is 9.84 Å². The average Bonchev–Trinajstić information content (AvgIpc) is 2.95. The number of rotatable bonds is 6. The van der Waals surface area contributed by atoms with Crippen LogP contribution >= 0.6 is 0 Å². The number of methoxy groups -OCH3 is 1. The van der Waals surface area contributed by atoms with Gasteiger partial charge >= 0.3 is 0 Å². The van der Waals surface area contributed by atoms with Gasteiger partial charge in [0.25, 0.3) is 0 Å². The Morgan fingerprint density at radius 1 is 1.31 bits per heavy atom. The highest BCUT2D eigenvalue weighted by atomic mass is 32.2. The zero-order valence-electron chi connectivity index (χ0n) is 15.3. The van der Waals surface area contributed by atoms with Crippen molar-refractivity contribution in [3.05, 3.63) is 36.0 Å². The van der Waals surface area contributed by atoms with Gasteiger partial charge in [-0.3, -0.25) is 0 Å². The van der Waals surface area contributed by atoms with Crippen molar-refractivity contribution < 1.29 is 13.2 Å². The first-order valence-electron chi connectivity index (χ1n) is 8.64. The number of benzene rings is 1. The second-order valence-electron chi connectivity index (χ2n) is 6.36. The number of aromatic nitrogens is 2. The molecule has 1 aromatic heterocycles. The van der Waals surface area contributed by atoms with Crippen molar-refractivity contribution in [3.8, 4) is 5.75 Å². The van der Waals surface area contributed by atoms with Crippen LogP contribution in [0.2, 0.25) is 0 Å². The minimum atomic E-state index is -2.95. The Morgan fingerprint density at radius 2 is 2.08 bits per heavy atom. The van der Waals surface area contributed by atoms with Gasteiger partial charge in [0.1, 0.15) is 11.6 Å². The zero-order valence-corrected chi connectivity index (χ0v) is 16.1. The van der Waals surface area contributed by atoms with E-state index >= 15 is 0 Å². The summed E-state index contributed by atoms with van der Waals surface area (Å²) < 4.78 is 29.1. The maximum absolute atomic E-state index is 11.9. The molecule has 8 heteroatoms. The van der Waals surface area contributed by atoms with Crippen LogP contribution in [0, 0.1) is 6.92 Å². The molecule has 0 amide bonds. The van der Waals surface area contributed by atoms with E-state index in [2.05, 4.69) is 15.3 Å². The molecule has 1 aliphatic rings. The molecule has 2 aromatic rings. The normalized spacial score (nSPS) is 18.5. The summed E-state index contributed by atoms with van der Waals surface area (Å²) in [5.41, 5.74) is 1.59. The lowest BCUT2D eigenvalue weighted by atomic mass is 10.2. The highest BCUT2D eigenvalue weighted by Gasteiger charge is 2.32. The Balaban J connectivity index is 1.89. The third-order valence-corrected chi connectivity index (χ3v) is 6.23. The fourth-order valence-corrected chi connectivity index (χ4v) is 4.98. The Morgan fingerprint density at radius 3 is 2.73 bits per heavy atom. The maximum Gasteiger partial charge on any atom is 0.229 e.